The van der Waals surface area contributed by atoms with Gasteiger partial charge in [-0.2, -0.15) is 4.31 Å². The molecule has 6 nitrogen and oxygen atoms in total. The zero-order valence-corrected chi connectivity index (χ0v) is 13.1. The summed E-state index contributed by atoms with van der Waals surface area (Å²) in [6.07, 6.45) is 0. The fraction of sp³-hybridized carbons (Fsp3) is 0.500. The summed E-state index contributed by atoms with van der Waals surface area (Å²) < 4.78 is 26.7. The van der Waals surface area contributed by atoms with Crippen LogP contribution in [0.2, 0.25) is 0 Å². The maximum atomic E-state index is 12.6. The molecule has 21 heavy (non-hydrogen) atoms. The number of rotatable bonds is 4. The van der Waals surface area contributed by atoms with Gasteiger partial charge in [-0.3, -0.25) is 9.69 Å². The van der Waals surface area contributed by atoms with Crippen molar-refractivity contribution in [2.75, 3.05) is 26.2 Å². The second kappa shape index (κ2) is 6.13. The number of aryl methyl sites for hydroxylation is 1. The molecule has 0 bridgehead atoms. The van der Waals surface area contributed by atoms with Gasteiger partial charge in [-0.25, -0.2) is 8.42 Å². The summed E-state index contributed by atoms with van der Waals surface area (Å²) >= 11 is 0. The van der Waals surface area contributed by atoms with Gasteiger partial charge >= 0.3 is 0 Å². The summed E-state index contributed by atoms with van der Waals surface area (Å²) in [7, 11) is -3.47. The molecule has 1 saturated heterocycles. The van der Waals surface area contributed by atoms with Crippen LogP contribution in [0, 0.1) is 6.92 Å². The normalized spacial score (nSPS) is 19.3. The predicted octanol–water partition coefficient (Wildman–Crippen LogP) is 0.175. The standard InChI is InChI=1S/C14H21N3O3S/c1-11-5-3-4-6-13(11)21(19,20)17-9-7-16(8-10-17)12(2)14(15)18/h3-6,12H,7-10H2,1-2H3,(H2,15,18). The van der Waals surface area contributed by atoms with E-state index < -0.39 is 10.0 Å². The molecule has 1 aromatic rings. The summed E-state index contributed by atoms with van der Waals surface area (Å²) in [5.41, 5.74) is 6.03. The first-order valence-corrected chi connectivity index (χ1v) is 8.37. The molecule has 0 saturated carbocycles. The lowest BCUT2D eigenvalue weighted by atomic mass is 10.2. The van der Waals surface area contributed by atoms with Crippen molar-refractivity contribution in [3.63, 3.8) is 0 Å². The first kappa shape index (κ1) is 15.9. The molecule has 1 aliphatic heterocycles. The molecule has 1 amide bonds. The number of carbonyl (C=O) groups is 1. The number of hydrogen-bond acceptors (Lipinski definition) is 4. The monoisotopic (exact) mass is 311 g/mol. The van der Waals surface area contributed by atoms with Gasteiger partial charge in [0.05, 0.1) is 10.9 Å². The Morgan fingerprint density at radius 3 is 2.29 bits per heavy atom. The second-order valence-electron chi connectivity index (χ2n) is 5.28. The molecule has 116 valence electrons. The molecule has 1 fully saturated rings. The van der Waals surface area contributed by atoms with Crippen molar-refractivity contribution in [3.05, 3.63) is 29.8 Å². The minimum Gasteiger partial charge on any atom is -0.368 e. The van der Waals surface area contributed by atoms with Crippen molar-refractivity contribution in [3.8, 4) is 0 Å². The van der Waals surface area contributed by atoms with Crippen molar-refractivity contribution in [1.82, 2.24) is 9.21 Å². The summed E-state index contributed by atoms with van der Waals surface area (Å²) in [5.74, 6) is -0.384. The number of primary amides is 1. The van der Waals surface area contributed by atoms with Crippen molar-refractivity contribution >= 4 is 15.9 Å². The Balaban J connectivity index is 2.12. The van der Waals surface area contributed by atoms with Crippen LogP contribution >= 0.6 is 0 Å². The third-order valence-corrected chi connectivity index (χ3v) is 6.00. The highest BCUT2D eigenvalue weighted by Crippen LogP contribution is 2.21. The van der Waals surface area contributed by atoms with Crippen LogP contribution < -0.4 is 5.73 Å². The number of hydrogen-bond donors (Lipinski definition) is 1. The van der Waals surface area contributed by atoms with E-state index in [2.05, 4.69) is 0 Å². The van der Waals surface area contributed by atoms with Crippen LogP contribution in [-0.2, 0) is 14.8 Å². The lowest BCUT2D eigenvalue weighted by Gasteiger charge is -2.36. The highest BCUT2D eigenvalue weighted by atomic mass is 32.2. The number of carbonyl (C=O) groups excluding carboxylic acids is 1. The molecule has 1 unspecified atom stereocenters. The molecule has 0 spiro atoms. The molecular weight excluding hydrogens is 290 g/mol. The van der Waals surface area contributed by atoms with Gasteiger partial charge in [0.1, 0.15) is 0 Å². The SMILES string of the molecule is Cc1ccccc1S(=O)(=O)N1CCN(C(C)C(N)=O)CC1. The Hall–Kier alpha value is -1.44. The lowest BCUT2D eigenvalue weighted by Crippen LogP contribution is -2.54. The van der Waals surface area contributed by atoms with Crippen molar-refractivity contribution < 1.29 is 13.2 Å². The van der Waals surface area contributed by atoms with Gasteiger partial charge in [-0.1, -0.05) is 18.2 Å². The van der Waals surface area contributed by atoms with Gasteiger partial charge in [-0.15, -0.1) is 0 Å². The van der Waals surface area contributed by atoms with E-state index >= 15 is 0 Å². The Bertz CT molecular complexity index is 622. The Labute approximate surface area is 125 Å². The lowest BCUT2D eigenvalue weighted by molar-refractivity contribution is -0.123. The van der Waals surface area contributed by atoms with E-state index in [0.29, 0.717) is 31.1 Å². The molecule has 0 aromatic heterocycles. The van der Waals surface area contributed by atoms with E-state index in [1.807, 2.05) is 11.0 Å². The number of nitrogens with two attached hydrogens (primary N) is 1. The first-order valence-electron chi connectivity index (χ1n) is 6.93. The third kappa shape index (κ3) is 3.25. The predicted molar refractivity (Wildman–Crippen MR) is 80.2 cm³/mol. The van der Waals surface area contributed by atoms with E-state index in [4.69, 9.17) is 5.73 Å². The molecule has 1 aromatic carbocycles. The maximum absolute atomic E-state index is 12.6. The molecule has 2 rings (SSSR count). The van der Waals surface area contributed by atoms with Crippen LogP contribution in [0.25, 0.3) is 0 Å². The minimum atomic E-state index is -3.47. The summed E-state index contributed by atoms with van der Waals surface area (Å²) in [6, 6.07) is 6.60. The second-order valence-corrected chi connectivity index (χ2v) is 7.19. The van der Waals surface area contributed by atoms with E-state index in [1.54, 1.807) is 32.0 Å². The molecule has 7 heteroatoms. The van der Waals surface area contributed by atoms with E-state index in [9.17, 15) is 13.2 Å². The number of nitrogens with zero attached hydrogens (tertiary/aromatic N) is 2. The van der Waals surface area contributed by atoms with E-state index in [0.717, 1.165) is 5.56 Å². The van der Waals surface area contributed by atoms with Crippen LogP contribution in [-0.4, -0.2) is 55.8 Å². The van der Waals surface area contributed by atoms with Crippen LogP contribution in [0.1, 0.15) is 12.5 Å². The van der Waals surface area contributed by atoms with Gasteiger partial charge < -0.3 is 5.73 Å². The van der Waals surface area contributed by atoms with Gasteiger partial charge in [0.25, 0.3) is 0 Å². The summed E-state index contributed by atoms with van der Waals surface area (Å²) in [6.45, 7) is 5.29. The van der Waals surface area contributed by atoms with Crippen molar-refractivity contribution in [1.29, 1.82) is 0 Å². The first-order chi connectivity index (χ1) is 9.84. The molecule has 1 heterocycles. The van der Waals surface area contributed by atoms with Crippen LogP contribution in [0.5, 0.6) is 0 Å². The average Bonchev–Trinajstić information content (AvgIpc) is 2.46. The molecule has 0 aliphatic carbocycles. The Morgan fingerprint density at radius 1 is 1.19 bits per heavy atom. The number of sulfonamides is 1. The zero-order valence-electron chi connectivity index (χ0n) is 12.3. The van der Waals surface area contributed by atoms with Crippen LogP contribution in [0.15, 0.2) is 29.2 Å². The molecule has 1 aliphatic rings. The van der Waals surface area contributed by atoms with Crippen molar-refractivity contribution in [2.45, 2.75) is 24.8 Å². The smallest absolute Gasteiger partial charge is 0.243 e. The van der Waals surface area contributed by atoms with Gasteiger partial charge in [0, 0.05) is 26.2 Å². The fourth-order valence-electron chi connectivity index (χ4n) is 2.50. The largest absolute Gasteiger partial charge is 0.368 e. The molecule has 2 N–H and O–H groups in total. The fourth-order valence-corrected chi connectivity index (χ4v) is 4.14. The average molecular weight is 311 g/mol. The molecular formula is C14H21N3O3S. The van der Waals surface area contributed by atoms with Crippen molar-refractivity contribution in [2.24, 2.45) is 5.73 Å². The van der Waals surface area contributed by atoms with Crippen LogP contribution in [0.4, 0.5) is 0 Å². The topological polar surface area (TPSA) is 83.7 Å². The van der Waals surface area contributed by atoms with E-state index in [-0.39, 0.29) is 11.9 Å². The highest BCUT2D eigenvalue weighted by molar-refractivity contribution is 7.89. The third-order valence-electron chi connectivity index (χ3n) is 3.94. The maximum Gasteiger partial charge on any atom is 0.243 e. The van der Waals surface area contributed by atoms with Gasteiger partial charge in [-0.05, 0) is 25.5 Å². The van der Waals surface area contributed by atoms with Gasteiger partial charge in [0.2, 0.25) is 15.9 Å². The number of piperazine rings is 1. The zero-order chi connectivity index (χ0) is 15.6. The highest BCUT2D eigenvalue weighted by Gasteiger charge is 2.31. The summed E-state index contributed by atoms with van der Waals surface area (Å²) in [5, 5.41) is 0. The van der Waals surface area contributed by atoms with E-state index in [1.165, 1.54) is 4.31 Å². The minimum absolute atomic E-state index is 0.349. The Morgan fingerprint density at radius 2 is 1.76 bits per heavy atom. The quantitative estimate of drug-likeness (QED) is 0.859. The number of benzene rings is 1. The summed E-state index contributed by atoms with van der Waals surface area (Å²) in [4.78, 5) is 13.4. The number of amides is 1. The van der Waals surface area contributed by atoms with Crippen LogP contribution in [0.3, 0.4) is 0 Å². The Kier molecular flexibility index (Phi) is 4.65. The molecule has 0 radical (unpaired) electrons. The molecule has 1 atom stereocenters. The van der Waals surface area contributed by atoms with Gasteiger partial charge in [0.15, 0.2) is 0 Å².